The Morgan fingerprint density at radius 1 is 1.17 bits per heavy atom. The molecule has 18 heavy (non-hydrogen) atoms. The summed E-state index contributed by atoms with van der Waals surface area (Å²) in [4.78, 5) is 22.6. The van der Waals surface area contributed by atoms with E-state index in [9.17, 15) is 14.0 Å². The van der Waals surface area contributed by atoms with Crippen LogP contribution in [0.2, 0.25) is 0 Å². The van der Waals surface area contributed by atoms with Crippen molar-refractivity contribution in [2.24, 2.45) is 0 Å². The van der Waals surface area contributed by atoms with Crippen molar-refractivity contribution in [3.63, 3.8) is 0 Å². The number of ketones is 1. The number of nitrogens with one attached hydrogen (secondary N) is 1. The summed E-state index contributed by atoms with van der Waals surface area (Å²) < 4.78 is 14.5. The predicted molar refractivity (Wildman–Crippen MR) is 61.7 cm³/mol. The number of halogens is 1. The van der Waals surface area contributed by atoms with Crippen LogP contribution in [-0.4, -0.2) is 21.7 Å². The molecule has 2 aromatic rings. The van der Waals surface area contributed by atoms with Gasteiger partial charge in [-0.25, -0.2) is 14.6 Å². The van der Waals surface area contributed by atoms with Crippen LogP contribution < -0.4 is 5.43 Å². The monoisotopic (exact) mass is 248 g/mol. The summed E-state index contributed by atoms with van der Waals surface area (Å²) in [6, 6.07) is 8.42. The van der Waals surface area contributed by atoms with Crippen LogP contribution in [0, 0.1) is 5.82 Å². The first-order valence-electron chi connectivity index (χ1n) is 5.06. The second-order valence-electron chi connectivity index (χ2n) is 3.49. The number of hydrogen-bond donors (Lipinski definition) is 2. The number of aromatic nitrogens is 1. The molecule has 0 aliphatic carbocycles. The SMILES string of the molecule is O=C(O)Nn1cccc1C(=O)c1ccccc1F. The molecule has 6 heteroatoms. The molecule has 92 valence electrons. The second kappa shape index (κ2) is 4.70. The zero-order valence-electron chi connectivity index (χ0n) is 9.13. The fourth-order valence-corrected chi connectivity index (χ4v) is 1.55. The minimum atomic E-state index is -1.31. The van der Waals surface area contributed by atoms with E-state index >= 15 is 0 Å². The highest BCUT2D eigenvalue weighted by molar-refractivity contribution is 6.08. The van der Waals surface area contributed by atoms with Crippen molar-refractivity contribution in [1.82, 2.24) is 4.68 Å². The molecule has 1 aromatic carbocycles. The molecule has 0 aliphatic rings. The van der Waals surface area contributed by atoms with E-state index in [2.05, 4.69) is 0 Å². The third-order valence-electron chi connectivity index (χ3n) is 2.32. The number of amides is 1. The summed E-state index contributed by atoms with van der Waals surface area (Å²) in [6.45, 7) is 0. The van der Waals surface area contributed by atoms with E-state index in [1.54, 1.807) is 0 Å². The zero-order chi connectivity index (χ0) is 13.1. The number of nitrogens with zero attached hydrogens (tertiary/aromatic N) is 1. The van der Waals surface area contributed by atoms with Gasteiger partial charge < -0.3 is 5.11 Å². The maximum Gasteiger partial charge on any atom is 0.423 e. The minimum Gasteiger partial charge on any atom is -0.464 e. The van der Waals surface area contributed by atoms with Gasteiger partial charge in [-0.3, -0.25) is 9.47 Å². The lowest BCUT2D eigenvalue weighted by atomic mass is 10.1. The Labute approximate surface area is 101 Å². The number of carbonyl (C=O) groups is 2. The zero-order valence-corrected chi connectivity index (χ0v) is 9.13. The van der Waals surface area contributed by atoms with E-state index < -0.39 is 17.7 Å². The van der Waals surface area contributed by atoms with Crippen LogP contribution in [0.1, 0.15) is 16.1 Å². The van der Waals surface area contributed by atoms with Gasteiger partial charge in [0.05, 0.1) is 5.56 Å². The van der Waals surface area contributed by atoms with Crippen LogP contribution in [-0.2, 0) is 0 Å². The summed E-state index contributed by atoms with van der Waals surface area (Å²) in [5, 5.41) is 8.60. The normalized spacial score (nSPS) is 10.1. The van der Waals surface area contributed by atoms with Gasteiger partial charge in [-0.05, 0) is 24.3 Å². The topological polar surface area (TPSA) is 71.3 Å². The highest BCUT2D eigenvalue weighted by atomic mass is 19.1. The summed E-state index contributed by atoms with van der Waals surface area (Å²) in [5.41, 5.74) is 1.95. The van der Waals surface area contributed by atoms with Gasteiger partial charge in [0.2, 0.25) is 5.78 Å². The molecule has 5 nitrogen and oxygen atoms in total. The molecule has 1 heterocycles. The molecule has 0 unspecified atom stereocenters. The number of hydrogen-bond acceptors (Lipinski definition) is 2. The Bertz CT molecular complexity index is 607. The van der Waals surface area contributed by atoms with Crippen molar-refractivity contribution in [2.75, 3.05) is 5.43 Å². The van der Waals surface area contributed by atoms with Gasteiger partial charge in [-0.2, -0.15) is 0 Å². The third kappa shape index (κ3) is 2.22. The van der Waals surface area contributed by atoms with Gasteiger partial charge in [0.15, 0.2) is 0 Å². The number of carboxylic acid groups (broad SMARTS) is 1. The second-order valence-corrected chi connectivity index (χ2v) is 3.49. The van der Waals surface area contributed by atoms with Gasteiger partial charge in [0, 0.05) is 6.20 Å². The summed E-state index contributed by atoms with van der Waals surface area (Å²) in [6.07, 6.45) is 0.0520. The molecule has 0 aliphatic heterocycles. The van der Waals surface area contributed by atoms with E-state index in [0.717, 1.165) is 4.68 Å². The first kappa shape index (κ1) is 11.8. The molecule has 0 atom stereocenters. The van der Waals surface area contributed by atoms with E-state index in [-0.39, 0.29) is 11.3 Å². The molecular weight excluding hydrogens is 239 g/mol. The first-order chi connectivity index (χ1) is 8.59. The molecule has 2 rings (SSSR count). The van der Waals surface area contributed by atoms with Crippen molar-refractivity contribution in [3.05, 3.63) is 59.7 Å². The van der Waals surface area contributed by atoms with Crippen molar-refractivity contribution >= 4 is 11.9 Å². The summed E-state index contributed by atoms with van der Waals surface area (Å²) in [7, 11) is 0. The average Bonchev–Trinajstić information content (AvgIpc) is 2.76. The lowest BCUT2D eigenvalue weighted by Gasteiger charge is -2.07. The van der Waals surface area contributed by atoms with Crippen LogP contribution in [0.3, 0.4) is 0 Å². The Morgan fingerprint density at radius 3 is 2.56 bits per heavy atom. The standard InChI is InChI=1S/C12H9FN2O3/c13-9-5-2-1-4-8(9)11(16)10-6-3-7-15(10)14-12(17)18/h1-7,14H,(H,17,18). The molecule has 0 bridgehead atoms. The number of rotatable bonds is 3. The highest BCUT2D eigenvalue weighted by Gasteiger charge is 2.17. The molecule has 1 aromatic heterocycles. The maximum absolute atomic E-state index is 13.5. The third-order valence-corrected chi connectivity index (χ3v) is 2.32. The minimum absolute atomic E-state index is 0.0440. The van der Waals surface area contributed by atoms with E-state index in [0.29, 0.717) is 0 Å². The molecule has 0 fully saturated rings. The van der Waals surface area contributed by atoms with Crippen molar-refractivity contribution < 1.29 is 19.1 Å². The van der Waals surface area contributed by atoms with Crippen LogP contribution in [0.25, 0.3) is 0 Å². The molecule has 1 amide bonds. The number of carbonyl (C=O) groups excluding carboxylic acids is 1. The molecule has 0 saturated heterocycles. The Hall–Kier alpha value is -2.63. The largest absolute Gasteiger partial charge is 0.464 e. The van der Waals surface area contributed by atoms with Crippen LogP contribution in [0.4, 0.5) is 9.18 Å². The van der Waals surface area contributed by atoms with Gasteiger partial charge >= 0.3 is 6.09 Å². The van der Waals surface area contributed by atoms with Crippen molar-refractivity contribution in [3.8, 4) is 0 Å². The van der Waals surface area contributed by atoms with Gasteiger partial charge in [0.1, 0.15) is 11.5 Å². The molecule has 0 spiro atoms. The Balaban J connectivity index is 2.38. The summed E-state index contributed by atoms with van der Waals surface area (Å²) >= 11 is 0. The Kier molecular flexibility index (Phi) is 3.09. The van der Waals surface area contributed by atoms with Crippen molar-refractivity contribution in [1.29, 1.82) is 0 Å². The smallest absolute Gasteiger partial charge is 0.423 e. The van der Waals surface area contributed by atoms with Crippen LogP contribution >= 0.6 is 0 Å². The van der Waals surface area contributed by atoms with E-state index in [1.165, 1.54) is 42.6 Å². The number of benzene rings is 1. The van der Waals surface area contributed by atoms with E-state index in [1.807, 2.05) is 5.43 Å². The Morgan fingerprint density at radius 2 is 1.89 bits per heavy atom. The predicted octanol–water partition coefficient (Wildman–Crippen LogP) is 2.08. The van der Waals surface area contributed by atoms with Crippen molar-refractivity contribution in [2.45, 2.75) is 0 Å². The molecule has 0 saturated carbocycles. The maximum atomic E-state index is 13.5. The summed E-state index contributed by atoms with van der Waals surface area (Å²) in [5.74, 6) is -1.24. The van der Waals surface area contributed by atoms with Gasteiger partial charge in [-0.1, -0.05) is 12.1 Å². The van der Waals surface area contributed by atoms with Crippen LogP contribution in [0.5, 0.6) is 0 Å². The highest BCUT2D eigenvalue weighted by Crippen LogP contribution is 2.13. The van der Waals surface area contributed by atoms with Gasteiger partial charge in [-0.15, -0.1) is 0 Å². The lowest BCUT2D eigenvalue weighted by Crippen LogP contribution is -2.24. The van der Waals surface area contributed by atoms with E-state index in [4.69, 9.17) is 5.11 Å². The average molecular weight is 248 g/mol. The van der Waals surface area contributed by atoms with Crippen LogP contribution in [0.15, 0.2) is 42.6 Å². The quantitative estimate of drug-likeness (QED) is 0.817. The molecule has 2 N–H and O–H groups in total. The lowest BCUT2D eigenvalue weighted by molar-refractivity contribution is 0.102. The fraction of sp³-hybridized carbons (Fsp3) is 0. The van der Waals surface area contributed by atoms with Gasteiger partial charge in [0.25, 0.3) is 0 Å². The fourth-order valence-electron chi connectivity index (χ4n) is 1.55. The molecule has 0 radical (unpaired) electrons. The molecular formula is C12H9FN2O3. The first-order valence-corrected chi connectivity index (χ1v) is 5.06.